The van der Waals surface area contributed by atoms with E-state index in [0.29, 0.717) is 16.9 Å². The summed E-state index contributed by atoms with van der Waals surface area (Å²) < 4.78 is 1.06. The number of benzene rings is 1. The smallest absolute Gasteiger partial charge is 0.162 e. The Morgan fingerprint density at radius 3 is 2.65 bits per heavy atom. The number of halogens is 2. The van der Waals surface area contributed by atoms with E-state index < -0.39 is 0 Å². The lowest BCUT2D eigenvalue weighted by Gasteiger charge is -2.08. The number of rotatable bonds is 2. The van der Waals surface area contributed by atoms with E-state index in [4.69, 9.17) is 11.6 Å². The van der Waals surface area contributed by atoms with Gasteiger partial charge in [-0.05, 0) is 45.6 Å². The molecule has 0 amide bonds. The number of hydrogen-bond donors (Lipinski definition) is 0. The van der Waals surface area contributed by atoms with Crippen LogP contribution in [0, 0.1) is 0 Å². The summed E-state index contributed by atoms with van der Waals surface area (Å²) in [7, 11) is 0. The zero-order valence-electron chi connectivity index (χ0n) is 11.0. The van der Waals surface area contributed by atoms with Crippen molar-refractivity contribution in [2.24, 2.45) is 0 Å². The molecule has 0 aliphatic carbocycles. The Bertz CT molecular complexity index is 783. The molecule has 0 N–H and O–H groups in total. The third kappa shape index (κ3) is 2.60. The molecule has 0 atom stereocenters. The maximum atomic E-state index is 6.34. The van der Waals surface area contributed by atoms with E-state index in [2.05, 4.69) is 51.9 Å². The van der Waals surface area contributed by atoms with E-state index in [9.17, 15) is 0 Å². The second-order valence-electron chi connectivity index (χ2n) is 4.91. The number of thiophene rings is 1. The van der Waals surface area contributed by atoms with Crippen LogP contribution in [0.25, 0.3) is 22.3 Å². The van der Waals surface area contributed by atoms with Crippen molar-refractivity contribution in [3.05, 3.63) is 44.1 Å². The first-order valence-corrected chi connectivity index (χ1v) is 8.31. The molecule has 0 aliphatic heterocycles. The lowest BCUT2D eigenvalue weighted by atomic mass is 10.0. The standard InChI is InChI=1S/C15H12BrClN2S/c1-8(2)9-3-4-12-11(5-9)14(17)19-15(18-12)10-6-13(16)20-7-10/h3-8H,1-2H3. The van der Waals surface area contributed by atoms with Crippen molar-refractivity contribution >= 4 is 49.8 Å². The molecule has 2 aromatic heterocycles. The maximum Gasteiger partial charge on any atom is 0.162 e. The van der Waals surface area contributed by atoms with Gasteiger partial charge >= 0.3 is 0 Å². The molecule has 2 nitrogen and oxygen atoms in total. The second-order valence-corrected chi connectivity index (χ2v) is 7.56. The summed E-state index contributed by atoms with van der Waals surface area (Å²) in [6.45, 7) is 4.32. The monoisotopic (exact) mass is 366 g/mol. The average Bonchev–Trinajstić information content (AvgIpc) is 2.85. The van der Waals surface area contributed by atoms with Gasteiger partial charge < -0.3 is 0 Å². The molecule has 1 aromatic carbocycles. The largest absolute Gasteiger partial charge is 0.228 e. The van der Waals surface area contributed by atoms with Crippen molar-refractivity contribution in [3.63, 3.8) is 0 Å². The van der Waals surface area contributed by atoms with Crippen LogP contribution in [0.2, 0.25) is 5.15 Å². The minimum absolute atomic E-state index is 0.461. The molecule has 0 fully saturated rings. The van der Waals surface area contributed by atoms with Gasteiger partial charge in [0.05, 0.1) is 9.30 Å². The predicted octanol–water partition coefficient (Wildman–Crippen LogP) is 5.90. The summed E-state index contributed by atoms with van der Waals surface area (Å²) in [4.78, 5) is 9.04. The first-order valence-electron chi connectivity index (χ1n) is 6.26. The molecule has 0 radical (unpaired) electrons. The van der Waals surface area contributed by atoms with Gasteiger partial charge in [-0.15, -0.1) is 11.3 Å². The zero-order chi connectivity index (χ0) is 14.3. The quantitative estimate of drug-likeness (QED) is 0.527. The van der Waals surface area contributed by atoms with Crippen molar-refractivity contribution in [1.29, 1.82) is 0 Å². The maximum absolute atomic E-state index is 6.34. The number of hydrogen-bond acceptors (Lipinski definition) is 3. The number of fused-ring (bicyclic) bond motifs is 1. The summed E-state index contributed by atoms with van der Waals surface area (Å²) in [5.74, 6) is 1.13. The van der Waals surface area contributed by atoms with Crippen LogP contribution in [0.5, 0.6) is 0 Å². The second kappa shape index (κ2) is 5.43. The van der Waals surface area contributed by atoms with E-state index in [0.717, 1.165) is 20.3 Å². The summed E-state index contributed by atoms with van der Waals surface area (Å²) in [6.07, 6.45) is 0. The van der Waals surface area contributed by atoms with Gasteiger partial charge in [0, 0.05) is 16.3 Å². The average molecular weight is 368 g/mol. The zero-order valence-corrected chi connectivity index (χ0v) is 14.2. The van der Waals surface area contributed by atoms with Crippen LogP contribution >= 0.6 is 38.9 Å². The van der Waals surface area contributed by atoms with Gasteiger partial charge in [0.25, 0.3) is 0 Å². The molecular formula is C15H12BrClN2S. The minimum Gasteiger partial charge on any atom is -0.228 e. The van der Waals surface area contributed by atoms with E-state index in [1.165, 1.54) is 5.56 Å². The third-order valence-electron chi connectivity index (χ3n) is 3.17. The van der Waals surface area contributed by atoms with Crippen LogP contribution in [0.3, 0.4) is 0 Å². The summed E-state index contributed by atoms with van der Waals surface area (Å²) in [6, 6.07) is 8.20. The first-order chi connectivity index (χ1) is 9.54. The highest BCUT2D eigenvalue weighted by Gasteiger charge is 2.11. The summed E-state index contributed by atoms with van der Waals surface area (Å²) >= 11 is 11.4. The molecule has 0 saturated carbocycles. The summed E-state index contributed by atoms with van der Waals surface area (Å²) in [5.41, 5.74) is 3.11. The third-order valence-corrected chi connectivity index (χ3v) is 4.96. The van der Waals surface area contributed by atoms with Crippen LogP contribution in [-0.4, -0.2) is 9.97 Å². The summed E-state index contributed by atoms with van der Waals surface area (Å²) in [5, 5.41) is 3.44. The molecule has 0 unspecified atom stereocenters. The van der Waals surface area contributed by atoms with Gasteiger partial charge in [0.2, 0.25) is 0 Å². The highest BCUT2D eigenvalue weighted by Crippen LogP contribution is 2.31. The van der Waals surface area contributed by atoms with Gasteiger partial charge in [0.1, 0.15) is 5.15 Å². The van der Waals surface area contributed by atoms with Crippen molar-refractivity contribution in [2.75, 3.05) is 0 Å². The van der Waals surface area contributed by atoms with E-state index in [1.54, 1.807) is 11.3 Å². The molecule has 2 heterocycles. The van der Waals surface area contributed by atoms with Crippen LogP contribution in [-0.2, 0) is 0 Å². The van der Waals surface area contributed by atoms with Crippen LogP contribution in [0.4, 0.5) is 0 Å². The fraction of sp³-hybridized carbons (Fsp3) is 0.200. The lowest BCUT2D eigenvalue weighted by Crippen LogP contribution is -1.93. The predicted molar refractivity (Wildman–Crippen MR) is 89.7 cm³/mol. The number of aromatic nitrogens is 2. The Labute approximate surface area is 135 Å². The molecule has 5 heteroatoms. The fourth-order valence-electron chi connectivity index (χ4n) is 2.02. The van der Waals surface area contributed by atoms with Crippen molar-refractivity contribution in [1.82, 2.24) is 9.97 Å². The first kappa shape index (κ1) is 14.0. The Morgan fingerprint density at radius 1 is 1.20 bits per heavy atom. The molecule has 0 aliphatic rings. The minimum atomic E-state index is 0.461. The van der Waals surface area contributed by atoms with Gasteiger partial charge in [0.15, 0.2) is 5.82 Å². The fourth-order valence-corrected chi connectivity index (χ4v) is 3.39. The highest BCUT2D eigenvalue weighted by molar-refractivity contribution is 9.11. The molecule has 3 aromatic rings. The number of nitrogens with zero attached hydrogens (tertiary/aromatic N) is 2. The van der Waals surface area contributed by atoms with Gasteiger partial charge in [-0.1, -0.05) is 31.5 Å². The Hall–Kier alpha value is -0.970. The van der Waals surface area contributed by atoms with Crippen LogP contribution < -0.4 is 0 Å². The molecule has 0 saturated heterocycles. The van der Waals surface area contributed by atoms with Crippen molar-refractivity contribution in [2.45, 2.75) is 19.8 Å². The van der Waals surface area contributed by atoms with Gasteiger partial charge in [-0.25, -0.2) is 9.97 Å². The SMILES string of the molecule is CC(C)c1ccc2nc(-c3csc(Br)c3)nc(Cl)c2c1. The molecule has 0 spiro atoms. The van der Waals surface area contributed by atoms with E-state index in [-0.39, 0.29) is 0 Å². The van der Waals surface area contributed by atoms with Crippen molar-refractivity contribution in [3.8, 4) is 11.4 Å². The normalized spacial score (nSPS) is 11.4. The van der Waals surface area contributed by atoms with E-state index >= 15 is 0 Å². The lowest BCUT2D eigenvalue weighted by molar-refractivity contribution is 0.868. The van der Waals surface area contributed by atoms with E-state index in [1.807, 2.05) is 17.5 Å². The van der Waals surface area contributed by atoms with Gasteiger partial charge in [-0.3, -0.25) is 0 Å². The molecule has 3 rings (SSSR count). The van der Waals surface area contributed by atoms with Gasteiger partial charge in [-0.2, -0.15) is 0 Å². The van der Waals surface area contributed by atoms with Crippen LogP contribution in [0.1, 0.15) is 25.3 Å². The Kier molecular flexibility index (Phi) is 3.80. The molecule has 20 heavy (non-hydrogen) atoms. The topological polar surface area (TPSA) is 25.8 Å². The molecule has 0 bridgehead atoms. The Balaban J connectivity index is 2.17. The van der Waals surface area contributed by atoms with Crippen LogP contribution in [0.15, 0.2) is 33.4 Å². The Morgan fingerprint density at radius 2 is 2.00 bits per heavy atom. The molecular weight excluding hydrogens is 356 g/mol. The van der Waals surface area contributed by atoms with Crippen molar-refractivity contribution < 1.29 is 0 Å². The highest BCUT2D eigenvalue weighted by atomic mass is 79.9. The molecule has 102 valence electrons.